The van der Waals surface area contributed by atoms with Crippen LogP contribution in [-0.4, -0.2) is 47.8 Å². The second-order valence-corrected chi connectivity index (χ2v) is 8.39. The molecule has 0 radical (unpaired) electrons. The van der Waals surface area contributed by atoms with Crippen molar-refractivity contribution in [2.45, 2.75) is 18.3 Å². The Labute approximate surface area is 158 Å². The zero-order chi connectivity index (χ0) is 20.5. The maximum Gasteiger partial charge on any atom is 0.511 e. The molecule has 2 heterocycles. The smallest absolute Gasteiger partial charge is 0.383 e. The third kappa shape index (κ3) is 3.87. The van der Waals surface area contributed by atoms with Crippen LogP contribution in [0.1, 0.15) is 12.8 Å². The van der Waals surface area contributed by atoms with Gasteiger partial charge in [0.25, 0.3) is 5.69 Å². The lowest BCUT2D eigenvalue weighted by molar-refractivity contribution is -0.383. The molecule has 0 unspecified atom stereocenters. The van der Waals surface area contributed by atoms with Crippen molar-refractivity contribution >= 4 is 32.3 Å². The van der Waals surface area contributed by atoms with Crippen LogP contribution in [0.4, 0.5) is 24.5 Å². The molecule has 1 N–H and O–H groups in total. The number of fused-ring (bicyclic) bond motifs is 1. The number of anilines is 1. The van der Waals surface area contributed by atoms with E-state index in [4.69, 9.17) is 0 Å². The quantitative estimate of drug-likeness (QED) is 0.591. The summed E-state index contributed by atoms with van der Waals surface area (Å²) in [5.74, 6) is -0.0337. The van der Waals surface area contributed by atoms with Gasteiger partial charge in [-0.15, -0.1) is 0 Å². The first-order valence-corrected chi connectivity index (χ1v) is 9.87. The van der Waals surface area contributed by atoms with Gasteiger partial charge in [0.15, 0.2) is 0 Å². The van der Waals surface area contributed by atoms with Gasteiger partial charge in [-0.1, -0.05) is 0 Å². The van der Waals surface area contributed by atoms with Crippen molar-refractivity contribution in [3.05, 3.63) is 40.6 Å². The van der Waals surface area contributed by atoms with Crippen LogP contribution in [0, 0.1) is 16.0 Å². The Hall–Kier alpha value is -2.47. The van der Waals surface area contributed by atoms with Crippen LogP contribution in [0.3, 0.4) is 0 Å². The molecule has 0 atom stereocenters. The lowest BCUT2D eigenvalue weighted by Gasteiger charge is -2.31. The number of pyridine rings is 1. The minimum absolute atomic E-state index is 0.0337. The first kappa shape index (κ1) is 20.3. The van der Waals surface area contributed by atoms with Gasteiger partial charge in [-0.05, 0) is 37.0 Å². The maximum absolute atomic E-state index is 12.6. The number of hydrogen-bond acceptors (Lipinski definition) is 6. The van der Waals surface area contributed by atoms with Gasteiger partial charge in [-0.25, -0.2) is 8.42 Å². The Kier molecular flexibility index (Phi) is 5.44. The second-order valence-electron chi connectivity index (χ2n) is 6.46. The SMILES string of the molecule is O=[N+]([O-])c1ccc(NCC2CCN(S(=O)(=O)C(F)(F)F)CC2)c2ncccc12. The molecule has 28 heavy (non-hydrogen) atoms. The molecule has 152 valence electrons. The van der Waals surface area contributed by atoms with Gasteiger partial charge < -0.3 is 5.32 Å². The Balaban J connectivity index is 1.67. The molecule has 0 saturated carbocycles. The zero-order valence-electron chi connectivity index (χ0n) is 14.5. The number of sulfonamides is 1. The first-order valence-electron chi connectivity index (χ1n) is 8.43. The molecule has 0 amide bonds. The van der Waals surface area contributed by atoms with Gasteiger partial charge in [0.1, 0.15) is 5.52 Å². The van der Waals surface area contributed by atoms with E-state index in [-0.39, 0.29) is 37.5 Å². The molecule has 3 rings (SSSR count). The van der Waals surface area contributed by atoms with Crippen molar-refractivity contribution in [3.8, 4) is 0 Å². The molecule has 1 aromatic heterocycles. The molecule has 0 bridgehead atoms. The summed E-state index contributed by atoms with van der Waals surface area (Å²) in [6.45, 7) is -0.00963. The van der Waals surface area contributed by atoms with E-state index in [0.717, 1.165) is 0 Å². The van der Waals surface area contributed by atoms with Crippen molar-refractivity contribution in [2.75, 3.05) is 25.0 Å². The highest BCUT2D eigenvalue weighted by Crippen LogP contribution is 2.32. The molecule has 12 heteroatoms. The predicted octanol–water partition coefficient (Wildman–Crippen LogP) is 3.12. The topological polar surface area (TPSA) is 105 Å². The number of benzene rings is 1. The standard InChI is InChI=1S/C16H17F3N4O4S/c17-16(18,19)28(26,27)22-8-5-11(6-9-22)10-21-13-3-4-14(23(24)25)12-2-1-7-20-15(12)13/h1-4,7,11,21H,5-6,8-10H2. The van der Waals surface area contributed by atoms with Gasteiger partial charge in [-0.2, -0.15) is 17.5 Å². The molecule has 2 aromatic rings. The fourth-order valence-electron chi connectivity index (χ4n) is 3.21. The lowest BCUT2D eigenvalue weighted by Crippen LogP contribution is -2.45. The molecule has 1 saturated heterocycles. The number of nitro groups is 1. The number of aromatic nitrogens is 1. The average Bonchev–Trinajstić information content (AvgIpc) is 2.65. The molecule has 1 aliphatic rings. The minimum Gasteiger partial charge on any atom is -0.383 e. The summed E-state index contributed by atoms with van der Waals surface area (Å²) in [4.78, 5) is 14.8. The molecule has 8 nitrogen and oxygen atoms in total. The number of halogens is 3. The van der Waals surface area contributed by atoms with Crippen LogP contribution >= 0.6 is 0 Å². The van der Waals surface area contributed by atoms with Crippen molar-refractivity contribution in [2.24, 2.45) is 5.92 Å². The van der Waals surface area contributed by atoms with Crippen LogP contribution < -0.4 is 5.32 Å². The summed E-state index contributed by atoms with van der Waals surface area (Å²) < 4.78 is 61.2. The van der Waals surface area contributed by atoms with E-state index in [1.807, 2.05) is 0 Å². The Morgan fingerprint density at radius 2 is 1.93 bits per heavy atom. The number of alkyl halides is 3. The van der Waals surface area contributed by atoms with Gasteiger partial charge >= 0.3 is 15.5 Å². The van der Waals surface area contributed by atoms with Crippen molar-refractivity contribution in [3.63, 3.8) is 0 Å². The van der Waals surface area contributed by atoms with Gasteiger partial charge in [0.2, 0.25) is 0 Å². The highest BCUT2D eigenvalue weighted by molar-refractivity contribution is 7.90. The van der Waals surface area contributed by atoms with E-state index in [9.17, 15) is 31.7 Å². The van der Waals surface area contributed by atoms with E-state index in [0.29, 0.717) is 27.4 Å². The minimum atomic E-state index is -5.29. The number of hydrogen-bond donors (Lipinski definition) is 1. The maximum atomic E-state index is 12.6. The Bertz CT molecular complexity index is 989. The number of nitrogens with one attached hydrogen (secondary N) is 1. The summed E-state index contributed by atoms with van der Waals surface area (Å²) in [7, 11) is -5.29. The van der Waals surface area contributed by atoms with Crippen molar-refractivity contribution in [1.82, 2.24) is 9.29 Å². The van der Waals surface area contributed by atoms with E-state index in [1.54, 1.807) is 12.1 Å². The van der Waals surface area contributed by atoms with E-state index in [1.165, 1.54) is 18.3 Å². The fraction of sp³-hybridized carbons (Fsp3) is 0.438. The molecule has 1 fully saturated rings. The highest BCUT2D eigenvalue weighted by atomic mass is 32.2. The number of piperidine rings is 1. The summed E-state index contributed by atoms with van der Waals surface area (Å²) in [5.41, 5.74) is -4.36. The fourth-order valence-corrected chi connectivity index (χ4v) is 4.20. The van der Waals surface area contributed by atoms with Gasteiger partial charge in [-0.3, -0.25) is 15.1 Å². The Morgan fingerprint density at radius 3 is 2.54 bits per heavy atom. The second kappa shape index (κ2) is 7.51. The van der Waals surface area contributed by atoms with Gasteiger partial charge in [0.05, 0.1) is 16.0 Å². The molecule has 0 spiro atoms. The number of nitro benzene ring substituents is 1. The lowest BCUT2D eigenvalue weighted by atomic mass is 9.98. The number of nitrogens with zero attached hydrogens (tertiary/aromatic N) is 3. The van der Waals surface area contributed by atoms with Crippen LogP contribution in [0.5, 0.6) is 0 Å². The molecule has 0 aliphatic carbocycles. The highest BCUT2D eigenvalue weighted by Gasteiger charge is 2.50. The van der Waals surface area contributed by atoms with Crippen molar-refractivity contribution < 1.29 is 26.5 Å². The largest absolute Gasteiger partial charge is 0.511 e. The van der Waals surface area contributed by atoms with Crippen LogP contribution in [0.2, 0.25) is 0 Å². The van der Waals surface area contributed by atoms with Gasteiger partial charge in [0, 0.05) is 31.9 Å². The van der Waals surface area contributed by atoms with E-state index >= 15 is 0 Å². The number of non-ortho nitro benzene ring substituents is 1. The van der Waals surface area contributed by atoms with Crippen LogP contribution in [-0.2, 0) is 10.0 Å². The van der Waals surface area contributed by atoms with Crippen LogP contribution in [0.15, 0.2) is 30.5 Å². The summed E-state index contributed by atoms with van der Waals surface area (Å²) in [6, 6.07) is 6.09. The summed E-state index contributed by atoms with van der Waals surface area (Å²) >= 11 is 0. The zero-order valence-corrected chi connectivity index (χ0v) is 15.3. The summed E-state index contributed by atoms with van der Waals surface area (Å²) in [5, 5.41) is 14.6. The van der Waals surface area contributed by atoms with E-state index in [2.05, 4.69) is 10.3 Å². The molecular weight excluding hydrogens is 401 g/mol. The normalized spacial score (nSPS) is 17.0. The number of rotatable bonds is 5. The predicted molar refractivity (Wildman–Crippen MR) is 96.2 cm³/mol. The van der Waals surface area contributed by atoms with E-state index < -0.39 is 20.5 Å². The average molecular weight is 418 g/mol. The Morgan fingerprint density at radius 1 is 1.25 bits per heavy atom. The third-order valence-corrected chi connectivity index (χ3v) is 6.36. The molecule has 1 aromatic carbocycles. The molecular formula is C16H17F3N4O4S. The monoisotopic (exact) mass is 418 g/mol. The summed E-state index contributed by atoms with van der Waals surface area (Å²) in [6.07, 6.45) is 2.07. The van der Waals surface area contributed by atoms with Crippen molar-refractivity contribution in [1.29, 1.82) is 0 Å². The third-order valence-electron chi connectivity index (χ3n) is 4.73. The first-order chi connectivity index (χ1) is 13.1. The van der Waals surface area contributed by atoms with Crippen LogP contribution in [0.25, 0.3) is 10.9 Å². The molecule has 1 aliphatic heterocycles.